The summed E-state index contributed by atoms with van der Waals surface area (Å²) in [4.78, 5) is 24.7. The third-order valence-electron chi connectivity index (χ3n) is 4.82. The molecular weight excluding hydrogens is 442 g/mol. The van der Waals surface area contributed by atoms with Crippen molar-refractivity contribution in [2.75, 3.05) is 18.5 Å². The third kappa shape index (κ3) is 5.22. The fourth-order valence-corrected chi connectivity index (χ4v) is 5.09. The van der Waals surface area contributed by atoms with Gasteiger partial charge in [0.25, 0.3) is 5.91 Å². The number of carbonyl (C=O) groups excluding carboxylic acids is 2. The fraction of sp³-hybridized carbons (Fsp3) is 0.286. The van der Waals surface area contributed by atoms with Gasteiger partial charge in [0.2, 0.25) is 10.0 Å². The summed E-state index contributed by atoms with van der Waals surface area (Å²) in [5.74, 6) is -1.39. The molecule has 10 heteroatoms. The van der Waals surface area contributed by atoms with Gasteiger partial charge in [-0.25, -0.2) is 8.42 Å². The number of benzene rings is 2. The lowest BCUT2D eigenvalue weighted by Gasteiger charge is -2.22. The van der Waals surface area contributed by atoms with Gasteiger partial charge in [0.15, 0.2) is 6.61 Å². The highest BCUT2D eigenvalue weighted by molar-refractivity contribution is 7.89. The molecule has 3 rings (SSSR count). The van der Waals surface area contributed by atoms with Crippen LogP contribution in [0.25, 0.3) is 0 Å². The monoisotopic (exact) mass is 461 g/mol. The Morgan fingerprint density at radius 1 is 1.26 bits per heavy atom. The quantitative estimate of drug-likeness (QED) is 0.661. The van der Waals surface area contributed by atoms with Gasteiger partial charge < -0.3 is 10.1 Å². The van der Waals surface area contributed by atoms with Gasteiger partial charge >= 0.3 is 5.97 Å². The van der Waals surface area contributed by atoms with Gasteiger partial charge in [-0.15, -0.1) is 0 Å². The van der Waals surface area contributed by atoms with Crippen LogP contribution >= 0.6 is 11.6 Å². The van der Waals surface area contributed by atoms with Crippen LogP contribution in [0.3, 0.4) is 0 Å². The van der Waals surface area contributed by atoms with Gasteiger partial charge in [-0.3, -0.25) is 9.59 Å². The molecule has 8 nitrogen and oxygen atoms in total. The smallest absolute Gasteiger partial charge is 0.324 e. The van der Waals surface area contributed by atoms with Crippen molar-refractivity contribution in [3.8, 4) is 6.07 Å². The van der Waals surface area contributed by atoms with Gasteiger partial charge in [0, 0.05) is 12.2 Å². The van der Waals surface area contributed by atoms with Crippen LogP contribution in [0.5, 0.6) is 0 Å². The predicted octanol–water partition coefficient (Wildman–Crippen LogP) is 2.86. The van der Waals surface area contributed by atoms with Gasteiger partial charge in [-0.05, 0) is 50.1 Å². The maximum Gasteiger partial charge on any atom is 0.324 e. The average molecular weight is 462 g/mol. The molecule has 1 heterocycles. The van der Waals surface area contributed by atoms with Gasteiger partial charge in [-0.2, -0.15) is 9.57 Å². The largest absolute Gasteiger partial charge is 0.454 e. The Balaban J connectivity index is 1.62. The van der Waals surface area contributed by atoms with Crippen LogP contribution in [0.4, 0.5) is 5.69 Å². The fourth-order valence-electron chi connectivity index (χ4n) is 3.22. The number of amides is 1. The zero-order chi connectivity index (χ0) is 22.6. The Labute approximate surface area is 185 Å². The van der Waals surface area contributed by atoms with E-state index in [1.807, 2.05) is 13.0 Å². The molecule has 1 aliphatic rings. The molecule has 31 heavy (non-hydrogen) atoms. The molecule has 0 aromatic heterocycles. The summed E-state index contributed by atoms with van der Waals surface area (Å²) < 4.78 is 32.1. The summed E-state index contributed by atoms with van der Waals surface area (Å²) in [6, 6.07) is 11.7. The Kier molecular flexibility index (Phi) is 6.95. The molecule has 1 aliphatic heterocycles. The molecular formula is C21H20ClN3O5S. The lowest BCUT2D eigenvalue weighted by atomic mass is 10.2. The second-order valence-corrected chi connectivity index (χ2v) is 9.35. The van der Waals surface area contributed by atoms with Crippen molar-refractivity contribution >= 4 is 39.2 Å². The summed E-state index contributed by atoms with van der Waals surface area (Å²) >= 11 is 5.92. The predicted molar refractivity (Wildman–Crippen MR) is 114 cm³/mol. The Morgan fingerprint density at radius 2 is 1.97 bits per heavy atom. The molecule has 1 N–H and O–H groups in total. The van der Waals surface area contributed by atoms with Crippen molar-refractivity contribution in [1.29, 1.82) is 5.26 Å². The Hall–Kier alpha value is -2.93. The number of carbonyl (C=O) groups is 2. The number of rotatable bonds is 6. The number of nitrogens with one attached hydrogen (secondary N) is 1. The molecule has 0 saturated carbocycles. The van der Waals surface area contributed by atoms with E-state index in [0.717, 1.165) is 9.87 Å². The van der Waals surface area contributed by atoms with Crippen LogP contribution in [-0.4, -0.2) is 43.8 Å². The highest BCUT2D eigenvalue weighted by Gasteiger charge is 2.40. The molecule has 1 saturated heterocycles. The highest BCUT2D eigenvalue weighted by atomic mass is 35.5. The zero-order valence-electron chi connectivity index (χ0n) is 16.7. The maximum atomic E-state index is 12.9. The number of hydrogen-bond donors (Lipinski definition) is 1. The summed E-state index contributed by atoms with van der Waals surface area (Å²) in [5, 5.41) is 11.6. The molecule has 162 valence electrons. The first-order valence-corrected chi connectivity index (χ1v) is 11.3. The second-order valence-electron chi connectivity index (χ2n) is 7.05. The maximum absolute atomic E-state index is 12.9. The summed E-state index contributed by atoms with van der Waals surface area (Å²) in [6.45, 7) is 1.47. The molecule has 0 bridgehead atoms. The number of hydrogen-bond acceptors (Lipinski definition) is 6. The van der Waals surface area contributed by atoms with Crippen molar-refractivity contribution in [3.05, 3.63) is 58.6 Å². The van der Waals surface area contributed by atoms with E-state index in [9.17, 15) is 18.0 Å². The molecule has 1 unspecified atom stereocenters. The van der Waals surface area contributed by atoms with Gasteiger partial charge in [0.05, 0.1) is 15.5 Å². The number of anilines is 1. The van der Waals surface area contributed by atoms with E-state index >= 15 is 0 Å². The zero-order valence-corrected chi connectivity index (χ0v) is 18.2. The minimum atomic E-state index is -3.86. The van der Waals surface area contributed by atoms with E-state index in [0.29, 0.717) is 18.5 Å². The number of nitrogens with zero attached hydrogens (tertiary/aromatic N) is 2. The number of aryl methyl sites for hydroxylation is 1. The number of halogens is 1. The van der Waals surface area contributed by atoms with E-state index in [1.54, 1.807) is 12.1 Å². The first-order chi connectivity index (χ1) is 14.7. The first kappa shape index (κ1) is 22.7. The number of sulfonamides is 1. The van der Waals surface area contributed by atoms with E-state index < -0.39 is 34.5 Å². The average Bonchev–Trinajstić information content (AvgIpc) is 3.23. The molecule has 1 atom stereocenters. The van der Waals surface area contributed by atoms with Crippen LogP contribution in [0.15, 0.2) is 47.4 Å². The number of esters is 1. The summed E-state index contributed by atoms with van der Waals surface area (Å²) in [7, 11) is -3.86. The molecule has 1 fully saturated rings. The molecule has 0 aliphatic carbocycles. The van der Waals surface area contributed by atoms with Crippen LogP contribution in [-0.2, 0) is 24.3 Å². The minimum Gasteiger partial charge on any atom is -0.454 e. The Bertz CT molecular complexity index is 1140. The minimum absolute atomic E-state index is 0.105. The second kappa shape index (κ2) is 9.47. The Morgan fingerprint density at radius 3 is 2.61 bits per heavy atom. The number of ether oxygens (including phenoxy) is 1. The van der Waals surface area contributed by atoms with E-state index in [1.165, 1.54) is 30.3 Å². The normalized spacial score (nSPS) is 16.5. The van der Waals surface area contributed by atoms with Crippen LogP contribution < -0.4 is 5.32 Å². The standard InChI is InChI=1S/C21H20ClN3O5S/c1-14-4-8-17(9-5-14)31(28,29)25-10-2-3-19(25)21(27)30-13-20(26)24-16-7-6-15(12-23)18(22)11-16/h4-9,11,19H,2-3,10,13H2,1H3,(H,24,26). The van der Waals surface area contributed by atoms with Crippen LogP contribution in [0.2, 0.25) is 5.02 Å². The van der Waals surface area contributed by atoms with E-state index in [-0.39, 0.29) is 22.0 Å². The van der Waals surface area contributed by atoms with Crippen molar-refractivity contribution in [2.45, 2.75) is 30.7 Å². The third-order valence-corrected chi connectivity index (χ3v) is 7.06. The molecule has 0 spiro atoms. The van der Waals surface area contributed by atoms with Crippen LogP contribution in [0, 0.1) is 18.3 Å². The lowest BCUT2D eigenvalue weighted by Crippen LogP contribution is -2.42. The lowest BCUT2D eigenvalue weighted by molar-refractivity contribution is -0.150. The molecule has 0 radical (unpaired) electrons. The van der Waals surface area contributed by atoms with E-state index in [2.05, 4.69) is 5.32 Å². The van der Waals surface area contributed by atoms with E-state index in [4.69, 9.17) is 21.6 Å². The van der Waals surface area contributed by atoms with Crippen molar-refractivity contribution in [2.24, 2.45) is 0 Å². The van der Waals surface area contributed by atoms with Crippen molar-refractivity contribution < 1.29 is 22.7 Å². The highest BCUT2D eigenvalue weighted by Crippen LogP contribution is 2.27. The van der Waals surface area contributed by atoms with Gasteiger partial charge in [0.1, 0.15) is 12.1 Å². The topological polar surface area (TPSA) is 117 Å². The number of nitriles is 1. The summed E-state index contributed by atoms with van der Waals surface area (Å²) in [5.41, 5.74) is 1.53. The van der Waals surface area contributed by atoms with Crippen LogP contribution in [0.1, 0.15) is 24.0 Å². The molecule has 1 amide bonds. The SMILES string of the molecule is Cc1ccc(S(=O)(=O)N2CCCC2C(=O)OCC(=O)Nc2ccc(C#N)c(Cl)c2)cc1. The summed E-state index contributed by atoms with van der Waals surface area (Å²) in [6.07, 6.45) is 0.831. The van der Waals surface area contributed by atoms with Crippen molar-refractivity contribution in [1.82, 2.24) is 4.31 Å². The van der Waals surface area contributed by atoms with Gasteiger partial charge in [-0.1, -0.05) is 29.3 Å². The van der Waals surface area contributed by atoms with Crippen molar-refractivity contribution in [3.63, 3.8) is 0 Å². The molecule has 2 aromatic carbocycles. The molecule has 2 aromatic rings. The first-order valence-electron chi connectivity index (χ1n) is 9.47.